The maximum Gasteiger partial charge on any atom is 0.138 e. The highest BCUT2D eigenvalue weighted by Crippen LogP contribution is 2.20. The lowest BCUT2D eigenvalue weighted by Gasteiger charge is -2.24. The van der Waals surface area contributed by atoms with E-state index in [1.54, 1.807) is 12.4 Å². The molecule has 1 atom stereocenters. The van der Waals surface area contributed by atoms with E-state index in [2.05, 4.69) is 57.9 Å². The van der Waals surface area contributed by atoms with Crippen molar-refractivity contribution in [3.8, 4) is 5.75 Å². The average Bonchev–Trinajstić information content (AvgIpc) is 3.23. The predicted molar refractivity (Wildman–Crippen MR) is 99.8 cm³/mol. The molecule has 0 radical (unpaired) electrons. The summed E-state index contributed by atoms with van der Waals surface area (Å²) < 4.78 is 10.5. The zero-order valence-corrected chi connectivity index (χ0v) is 15.3. The van der Waals surface area contributed by atoms with Crippen molar-refractivity contribution in [1.29, 1.82) is 0 Å². The number of rotatable bonds is 5. The Kier molecular flexibility index (Phi) is 4.75. The minimum absolute atomic E-state index is 0.0768. The molecule has 0 bridgehead atoms. The number of aromatic nitrogens is 4. The second kappa shape index (κ2) is 7.33. The van der Waals surface area contributed by atoms with Gasteiger partial charge in [-0.3, -0.25) is 14.6 Å². The lowest BCUT2D eigenvalue weighted by Crippen LogP contribution is -2.34. The number of fused-ring (bicyclic) bond motifs is 1. The van der Waals surface area contributed by atoms with Crippen molar-refractivity contribution in [3.63, 3.8) is 0 Å². The Morgan fingerprint density at radius 1 is 1.19 bits per heavy atom. The number of hydrogen-bond acceptors (Lipinski definition) is 4. The topological polar surface area (TPSA) is 48.1 Å². The summed E-state index contributed by atoms with van der Waals surface area (Å²) in [6.07, 6.45) is 9.87. The third kappa shape index (κ3) is 3.80. The van der Waals surface area contributed by atoms with Gasteiger partial charge in [0.15, 0.2) is 0 Å². The fourth-order valence-corrected chi connectivity index (χ4v) is 3.43. The normalized spacial score (nSPS) is 17.9. The van der Waals surface area contributed by atoms with Crippen LogP contribution in [0, 0.1) is 0 Å². The number of pyridine rings is 1. The Bertz CT molecular complexity index is 839. The van der Waals surface area contributed by atoms with Crippen LogP contribution in [0.1, 0.15) is 31.1 Å². The fraction of sp³-hybridized carbons (Fsp3) is 0.400. The van der Waals surface area contributed by atoms with E-state index in [0.717, 1.165) is 31.9 Å². The zero-order valence-electron chi connectivity index (χ0n) is 15.3. The molecule has 26 heavy (non-hydrogen) atoms. The Morgan fingerprint density at radius 2 is 2.12 bits per heavy atom. The molecule has 3 aromatic rings. The molecule has 6 nitrogen and oxygen atoms in total. The van der Waals surface area contributed by atoms with Crippen LogP contribution in [0.4, 0.5) is 0 Å². The van der Waals surface area contributed by atoms with Gasteiger partial charge in [0.25, 0.3) is 0 Å². The lowest BCUT2D eigenvalue weighted by atomic mass is 10.2. The molecule has 0 saturated heterocycles. The molecule has 0 unspecified atom stereocenters. The second-order valence-corrected chi connectivity index (χ2v) is 7.17. The van der Waals surface area contributed by atoms with Crippen LogP contribution in [0.3, 0.4) is 0 Å². The molecule has 0 saturated carbocycles. The van der Waals surface area contributed by atoms with Gasteiger partial charge in [-0.15, -0.1) is 0 Å². The van der Waals surface area contributed by atoms with Gasteiger partial charge in [-0.05, 0) is 38.1 Å². The Morgan fingerprint density at radius 3 is 2.88 bits per heavy atom. The van der Waals surface area contributed by atoms with Crippen LogP contribution >= 0.6 is 0 Å². The van der Waals surface area contributed by atoms with Gasteiger partial charge >= 0.3 is 0 Å². The first-order chi connectivity index (χ1) is 12.7. The molecule has 3 aromatic heterocycles. The third-order valence-electron chi connectivity index (χ3n) is 4.70. The lowest BCUT2D eigenvalue weighted by molar-refractivity contribution is 0.123. The quantitative estimate of drug-likeness (QED) is 0.709. The average molecular weight is 351 g/mol. The first-order valence-corrected chi connectivity index (χ1v) is 9.13. The van der Waals surface area contributed by atoms with Crippen molar-refractivity contribution in [2.45, 2.75) is 45.6 Å². The molecule has 0 fully saturated rings. The van der Waals surface area contributed by atoms with Gasteiger partial charge in [0.1, 0.15) is 11.9 Å². The number of nitrogens with zero attached hydrogens (tertiary/aromatic N) is 5. The van der Waals surface area contributed by atoms with Crippen LogP contribution < -0.4 is 4.74 Å². The van der Waals surface area contributed by atoms with Gasteiger partial charge in [-0.1, -0.05) is 0 Å². The van der Waals surface area contributed by atoms with Crippen LogP contribution in [0.2, 0.25) is 0 Å². The molecule has 0 aliphatic carbocycles. The highest BCUT2D eigenvalue weighted by Gasteiger charge is 2.23. The molecule has 136 valence electrons. The molecule has 4 heterocycles. The van der Waals surface area contributed by atoms with E-state index in [1.165, 1.54) is 11.3 Å². The summed E-state index contributed by atoms with van der Waals surface area (Å²) in [7, 11) is 0. The summed E-state index contributed by atoms with van der Waals surface area (Å²) in [6.45, 7) is 7.78. The molecule has 0 aromatic carbocycles. The van der Waals surface area contributed by atoms with Crippen molar-refractivity contribution in [2.75, 3.05) is 6.54 Å². The maximum atomic E-state index is 6.23. The summed E-state index contributed by atoms with van der Waals surface area (Å²) in [5.74, 6) is 0.820. The molecule has 1 aliphatic heterocycles. The Balaban J connectivity index is 1.52. The van der Waals surface area contributed by atoms with E-state index in [1.807, 2.05) is 23.0 Å². The Labute approximate surface area is 154 Å². The summed E-state index contributed by atoms with van der Waals surface area (Å²) in [4.78, 5) is 6.59. The SMILES string of the molecule is CC(C)n1cc(CN2Cc3cccn3C[C@H](Oc3cccnc3)C2)cn1. The minimum atomic E-state index is 0.0768. The van der Waals surface area contributed by atoms with Gasteiger partial charge in [0.2, 0.25) is 0 Å². The zero-order chi connectivity index (χ0) is 17.9. The van der Waals surface area contributed by atoms with E-state index in [4.69, 9.17) is 4.74 Å². The first kappa shape index (κ1) is 16.8. The van der Waals surface area contributed by atoms with Crippen molar-refractivity contribution in [1.82, 2.24) is 24.2 Å². The number of hydrogen-bond donors (Lipinski definition) is 0. The summed E-state index contributed by atoms with van der Waals surface area (Å²) in [5, 5.41) is 4.47. The van der Waals surface area contributed by atoms with Crippen LogP contribution in [-0.4, -0.2) is 36.9 Å². The van der Waals surface area contributed by atoms with Crippen molar-refractivity contribution < 1.29 is 4.74 Å². The molecule has 4 rings (SSSR count). The van der Waals surface area contributed by atoms with E-state index < -0.39 is 0 Å². The standard InChI is InChI=1S/C20H25N5O/c1-16(2)25-12-17(9-22-25)11-23-13-18-5-4-8-24(18)15-20(14-23)26-19-6-3-7-21-10-19/h3-10,12,16,20H,11,13-15H2,1-2H3/t20-/m1/s1. The minimum Gasteiger partial charge on any atom is -0.486 e. The van der Waals surface area contributed by atoms with Crippen LogP contribution in [0.5, 0.6) is 5.75 Å². The van der Waals surface area contributed by atoms with Gasteiger partial charge in [0, 0.05) is 55.5 Å². The van der Waals surface area contributed by atoms with E-state index in [9.17, 15) is 0 Å². The van der Waals surface area contributed by atoms with Gasteiger partial charge < -0.3 is 9.30 Å². The van der Waals surface area contributed by atoms with Crippen molar-refractivity contribution in [2.24, 2.45) is 0 Å². The van der Waals surface area contributed by atoms with E-state index in [-0.39, 0.29) is 6.10 Å². The highest BCUT2D eigenvalue weighted by atomic mass is 16.5. The largest absolute Gasteiger partial charge is 0.486 e. The molecule has 1 aliphatic rings. The Hall–Kier alpha value is -2.60. The van der Waals surface area contributed by atoms with E-state index >= 15 is 0 Å². The molecule has 0 amide bonds. The summed E-state index contributed by atoms with van der Waals surface area (Å²) in [5.41, 5.74) is 2.55. The van der Waals surface area contributed by atoms with E-state index in [0.29, 0.717) is 6.04 Å². The molecular weight excluding hydrogens is 326 g/mol. The third-order valence-corrected chi connectivity index (χ3v) is 4.70. The monoisotopic (exact) mass is 351 g/mol. The van der Waals surface area contributed by atoms with Crippen LogP contribution in [0.15, 0.2) is 55.2 Å². The molecule has 0 spiro atoms. The predicted octanol–water partition coefficient (Wildman–Crippen LogP) is 3.12. The fourth-order valence-electron chi connectivity index (χ4n) is 3.43. The van der Waals surface area contributed by atoms with Crippen LogP contribution in [0.25, 0.3) is 0 Å². The molecule has 0 N–H and O–H groups in total. The maximum absolute atomic E-state index is 6.23. The summed E-state index contributed by atoms with van der Waals surface area (Å²) >= 11 is 0. The smallest absolute Gasteiger partial charge is 0.138 e. The number of ether oxygens (including phenoxy) is 1. The van der Waals surface area contributed by atoms with Crippen LogP contribution in [-0.2, 0) is 19.6 Å². The van der Waals surface area contributed by atoms with Crippen molar-refractivity contribution >= 4 is 0 Å². The highest BCUT2D eigenvalue weighted by molar-refractivity contribution is 5.17. The van der Waals surface area contributed by atoms with Crippen molar-refractivity contribution in [3.05, 3.63) is 66.5 Å². The molecular formula is C20H25N5O. The van der Waals surface area contributed by atoms with Gasteiger partial charge in [0.05, 0.1) is 18.9 Å². The summed E-state index contributed by atoms with van der Waals surface area (Å²) in [6, 6.07) is 8.55. The second-order valence-electron chi connectivity index (χ2n) is 7.17. The molecule has 6 heteroatoms. The van der Waals surface area contributed by atoms with Gasteiger partial charge in [-0.2, -0.15) is 5.10 Å². The van der Waals surface area contributed by atoms with Gasteiger partial charge in [-0.25, -0.2) is 0 Å². The first-order valence-electron chi connectivity index (χ1n) is 9.13.